The van der Waals surface area contributed by atoms with Gasteiger partial charge in [-0.2, -0.15) is 13.2 Å². The van der Waals surface area contributed by atoms with E-state index in [9.17, 15) is 17.6 Å². The van der Waals surface area contributed by atoms with Gasteiger partial charge >= 0.3 is 6.18 Å². The average Bonchev–Trinajstić information content (AvgIpc) is 2.83. The molecule has 0 saturated heterocycles. The zero-order valence-electron chi connectivity index (χ0n) is 10.2. The third-order valence-corrected chi connectivity index (χ3v) is 3.55. The normalized spacial score (nSPS) is 21.8. The number of halogens is 4. The minimum Gasteiger partial charge on any atom is -0.382 e. The first-order chi connectivity index (χ1) is 8.20. The van der Waals surface area contributed by atoms with Crippen LogP contribution in [0, 0.1) is 17.2 Å². The van der Waals surface area contributed by atoms with E-state index in [0.717, 1.165) is 18.6 Å². The fourth-order valence-electron chi connectivity index (χ4n) is 1.99. The molecule has 1 saturated carbocycles. The number of rotatable bonds is 3. The van der Waals surface area contributed by atoms with Crippen LogP contribution in [0.5, 0.6) is 0 Å². The zero-order valence-corrected chi connectivity index (χ0v) is 10.2. The van der Waals surface area contributed by atoms with Crippen LogP contribution < -0.4 is 5.32 Å². The Morgan fingerprint density at radius 1 is 1.33 bits per heavy atom. The monoisotopic (exact) mass is 261 g/mol. The second-order valence-electron chi connectivity index (χ2n) is 5.46. The van der Waals surface area contributed by atoms with E-state index in [0.29, 0.717) is 18.5 Å². The van der Waals surface area contributed by atoms with E-state index >= 15 is 0 Å². The van der Waals surface area contributed by atoms with Crippen molar-refractivity contribution in [2.24, 2.45) is 11.3 Å². The standard InChI is InChI=1S/C13H15F4N/c1-12(2)6-9(12)7-18-11-4-3-8(5-10(11)14)13(15,16)17/h3-5,9,18H,6-7H2,1-2H3. The van der Waals surface area contributed by atoms with Crippen molar-refractivity contribution in [3.8, 4) is 0 Å². The first-order valence-corrected chi connectivity index (χ1v) is 5.81. The van der Waals surface area contributed by atoms with Crippen molar-refractivity contribution in [2.45, 2.75) is 26.4 Å². The Labute approximate surface area is 103 Å². The molecule has 1 aromatic carbocycles. The van der Waals surface area contributed by atoms with Gasteiger partial charge in [0.25, 0.3) is 0 Å². The maximum atomic E-state index is 13.5. The van der Waals surface area contributed by atoms with Crippen LogP contribution in [0.2, 0.25) is 0 Å². The number of nitrogens with one attached hydrogen (secondary N) is 1. The quantitative estimate of drug-likeness (QED) is 0.800. The summed E-state index contributed by atoms with van der Waals surface area (Å²) in [5, 5.41) is 2.87. The van der Waals surface area contributed by atoms with Gasteiger partial charge in [0.1, 0.15) is 5.82 Å². The molecule has 0 aromatic heterocycles. The van der Waals surface area contributed by atoms with E-state index in [1.165, 1.54) is 0 Å². The van der Waals surface area contributed by atoms with Crippen LogP contribution in [0.15, 0.2) is 18.2 Å². The second-order valence-corrected chi connectivity index (χ2v) is 5.46. The lowest BCUT2D eigenvalue weighted by Gasteiger charge is -2.11. The summed E-state index contributed by atoms with van der Waals surface area (Å²) in [4.78, 5) is 0. The Kier molecular flexibility index (Phi) is 3.03. The van der Waals surface area contributed by atoms with Crippen LogP contribution in [0.3, 0.4) is 0 Å². The molecule has 1 atom stereocenters. The van der Waals surface area contributed by atoms with Gasteiger partial charge in [0.15, 0.2) is 0 Å². The highest BCUT2D eigenvalue weighted by molar-refractivity contribution is 5.47. The second kappa shape index (κ2) is 4.14. The highest BCUT2D eigenvalue weighted by Crippen LogP contribution is 2.51. The summed E-state index contributed by atoms with van der Waals surface area (Å²) in [5.41, 5.74) is -0.571. The third kappa shape index (κ3) is 2.76. The average molecular weight is 261 g/mol. The smallest absolute Gasteiger partial charge is 0.382 e. The Morgan fingerprint density at radius 3 is 2.39 bits per heavy atom. The number of alkyl halides is 3. The third-order valence-electron chi connectivity index (χ3n) is 3.55. The van der Waals surface area contributed by atoms with E-state index in [-0.39, 0.29) is 11.1 Å². The van der Waals surface area contributed by atoms with Crippen molar-refractivity contribution < 1.29 is 17.6 Å². The number of hydrogen-bond donors (Lipinski definition) is 1. The Morgan fingerprint density at radius 2 is 1.94 bits per heavy atom. The van der Waals surface area contributed by atoms with E-state index in [4.69, 9.17) is 0 Å². The van der Waals surface area contributed by atoms with Gasteiger partial charge in [-0.25, -0.2) is 4.39 Å². The summed E-state index contributed by atoms with van der Waals surface area (Å²) in [6.07, 6.45) is -3.44. The van der Waals surface area contributed by atoms with Gasteiger partial charge < -0.3 is 5.32 Å². The van der Waals surface area contributed by atoms with Crippen molar-refractivity contribution in [3.05, 3.63) is 29.6 Å². The molecule has 1 fully saturated rings. The van der Waals surface area contributed by atoms with E-state index in [1.807, 2.05) is 0 Å². The van der Waals surface area contributed by atoms with Crippen molar-refractivity contribution in [1.29, 1.82) is 0 Å². The van der Waals surface area contributed by atoms with Crippen LogP contribution in [-0.2, 0) is 6.18 Å². The number of benzene rings is 1. The predicted molar refractivity (Wildman–Crippen MR) is 61.8 cm³/mol. The summed E-state index contributed by atoms with van der Waals surface area (Å²) in [6.45, 7) is 4.82. The lowest BCUT2D eigenvalue weighted by molar-refractivity contribution is -0.137. The molecule has 100 valence electrons. The lowest BCUT2D eigenvalue weighted by atomic mass is 10.1. The van der Waals surface area contributed by atoms with Crippen LogP contribution in [0.4, 0.5) is 23.2 Å². The Balaban J connectivity index is 2.02. The molecular formula is C13H15F4N. The Bertz CT molecular complexity index is 451. The first kappa shape index (κ1) is 13.2. The highest BCUT2D eigenvalue weighted by Gasteiger charge is 2.45. The van der Waals surface area contributed by atoms with Gasteiger partial charge in [-0.3, -0.25) is 0 Å². The molecule has 0 heterocycles. The summed E-state index contributed by atoms with van der Waals surface area (Å²) in [6, 6.07) is 2.57. The molecule has 1 N–H and O–H groups in total. The summed E-state index contributed by atoms with van der Waals surface area (Å²) in [5.74, 6) is -0.400. The minimum atomic E-state index is -4.50. The van der Waals surface area contributed by atoms with E-state index in [1.54, 1.807) is 0 Å². The molecule has 18 heavy (non-hydrogen) atoms. The van der Waals surface area contributed by atoms with E-state index in [2.05, 4.69) is 19.2 Å². The molecule has 0 bridgehead atoms. The molecule has 0 amide bonds. The molecule has 0 aliphatic heterocycles. The predicted octanol–water partition coefficient (Wildman–Crippen LogP) is 4.30. The maximum absolute atomic E-state index is 13.5. The topological polar surface area (TPSA) is 12.0 Å². The number of anilines is 1. The fraction of sp³-hybridized carbons (Fsp3) is 0.538. The van der Waals surface area contributed by atoms with Crippen molar-refractivity contribution >= 4 is 5.69 Å². The molecule has 0 radical (unpaired) electrons. The SMILES string of the molecule is CC1(C)CC1CNc1ccc(C(F)(F)F)cc1F. The van der Waals surface area contributed by atoms with Gasteiger partial charge in [0.05, 0.1) is 11.3 Å². The van der Waals surface area contributed by atoms with Crippen LogP contribution >= 0.6 is 0 Å². The maximum Gasteiger partial charge on any atom is 0.416 e. The highest BCUT2D eigenvalue weighted by atomic mass is 19.4. The zero-order chi connectivity index (χ0) is 13.6. The molecule has 5 heteroatoms. The lowest BCUT2D eigenvalue weighted by Crippen LogP contribution is -2.10. The molecular weight excluding hydrogens is 246 g/mol. The van der Waals surface area contributed by atoms with Gasteiger partial charge in [-0.1, -0.05) is 13.8 Å². The first-order valence-electron chi connectivity index (χ1n) is 5.81. The molecule has 1 aliphatic carbocycles. The van der Waals surface area contributed by atoms with Crippen molar-refractivity contribution in [3.63, 3.8) is 0 Å². The summed E-state index contributed by atoms with van der Waals surface area (Å²) in [7, 11) is 0. The molecule has 1 aromatic rings. The van der Waals surface area contributed by atoms with Crippen molar-refractivity contribution in [1.82, 2.24) is 0 Å². The van der Waals surface area contributed by atoms with Crippen LogP contribution in [0.25, 0.3) is 0 Å². The van der Waals surface area contributed by atoms with Crippen LogP contribution in [0.1, 0.15) is 25.8 Å². The summed E-state index contributed by atoms with van der Waals surface area (Å²) < 4.78 is 50.5. The molecule has 1 aliphatic rings. The van der Waals surface area contributed by atoms with E-state index < -0.39 is 17.6 Å². The van der Waals surface area contributed by atoms with Gasteiger partial charge in [-0.15, -0.1) is 0 Å². The fourth-order valence-corrected chi connectivity index (χ4v) is 1.99. The minimum absolute atomic E-state index is 0.130. The molecule has 2 rings (SSSR count). The molecule has 1 unspecified atom stereocenters. The summed E-state index contributed by atoms with van der Waals surface area (Å²) >= 11 is 0. The van der Waals surface area contributed by atoms with Crippen LogP contribution in [-0.4, -0.2) is 6.54 Å². The number of hydrogen-bond acceptors (Lipinski definition) is 1. The molecule has 0 spiro atoms. The Hall–Kier alpha value is -1.26. The van der Waals surface area contributed by atoms with Gasteiger partial charge in [-0.05, 0) is 36.0 Å². The largest absolute Gasteiger partial charge is 0.416 e. The van der Waals surface area contributed by atoms with Crippen molar-refractivity contribution in [2.75, 3.05) is 11.9 Å². The van der Waals surface area contributed by atoms with Gasteiger partial charge in [0, 0.05) is 6.54 Å². The molecule has 1 nitrogen and oxygen atoms in total. The van der Waals surface area contributed by atoms with Gasteiger partial charge in [0.2, 0.25) is 0 Å².